The van der Waals surface area contributed by atoms with E-state index in [0.717, 1.165) is 18.4 Å². The van der Waals surface area contributed by atoms with Gasteiger partial charge in [-0.15, -0.1) is 0 Å². The van der Waals surface area contributed by atoms with Crippen molar-refractivity contribution in [1.82, 2.24) is 0 Å². The molecule has 0 radical (unpaired) electrons. The van der Waals surface area contributed by atoms with Gasteiger partial charge < -0.3 is 29.9 Å². The molecule has 0 aromatic rings. The van der Waals surface area contributed by atoms with Gasteiger partial charge in [0.25, 0.3) is 0 Å². The molecule has 206 valence electrons. The van der Waals surface area contributed by atoms with E-state index in [1.807, 2.05) is 20.8 Å². The Kier molecular flexibility index (Phi) is 7.15. The molecule has 4 N–H and O–H groups in total. The van der Waals surface area contributed by atoms with Crippen molar-refractivity contribution in [3.05, 3.63) is 11.6 Å². The number of hydrogen-bond acceptors (Lipinski definition) is 7. The third-order valence-electron chi connectivity index (χ3n) is 11.3. The van der Waals surface area contributed by atoms with Gasteiger partial charge >= 0.3 is 0 Å². The fourth-order valence-electron chi connectivity index (χ4n) is 8.76. The molecule has 4 aliphatic rings. The quantitative estimate of drug-likeness (QED) is 0.417. The molecule has 0 bridgehead atoms. The number of carbonyl (C=O) groups excluding carboxylic acids is 1. The summed E-state index contributed by atoms with van der Waals surface area (Å²) in [5.74, 6) is -0.657. The number of methoxy groups -OCH3 is 2. The lowest BCUT2D eigenvalue weighted by molar-refractivity contribution is -0.182. The van der Waals surface area contributed by atoms with Crippen LogP contribution >= 0.6 is 0 Å². The molecule has 0 aromatic carbocycles. The molecule has 4 rings (SSSR count). The van der Waals surface area contributed by atoms with Gasteiger partial charge in [-0.1, -0.05) is 13.8 Å². The first-order valence-electron chi connectivity index (χ1n) is 13.7. The second-order valence-corrected chi connectivity index (χ2v) is 13.5. The highest BCUT2D eigenvalue weighted by molar-refractivity contribution is 5.95. The van der Waals surface area contributed by atoms with Gasteiger partial charge in [0.05, 0.1) is 35.1 Å². The van der Waals surface area contributed by atoms with Crippen molar-refractivity contribution < 1.29 is 34.7 Å². The number of allylic oxidation sites excluding steroid dienone is 1. The van der Waals surface area contributed by atoms with Gasteiger partial charge in [-0.3, -0.25) is 4.79 Å². The Morgan fingerprint density at radius 2 is 1.75 bits per heavy atom. The maximum atomic E-state index is 13.4. The first-order chi connectivity index (χ1) is 16.6. The summed E-state index contributed by atoms with van der Waals surface area (Å²) in [6.07, 6.45) is 4.03. The maximum absolute atomic E-state index is 13.4. The highest BCUT2D eigenvalue weighted by atomic mass is 16.5. The van der Waals surface area contributed by atoms with Gasteiger partial charge in [-0.05, 0) is 101 Å². The highest BCUT2D eigenvalue weighted by Crippen LogP contribution is 2.68. The summed E-state index contributed by atoms with van der Waals surface area (Å²) in [7, 11) is 3.32. The van der Waals surface area contributed by atoms with Crippen LogP contribution in [0.4, 0.5) is 0 Å². The minimum atomic E-state index is -1.21. The average molecular weight is 509 g/mol. The molecule has 10 atom stereocenters. The van der Waals surface area contributed by atoms with Crippen LogP contribution in [0.5, 0.6) is 0 Å². The predicted molar refractivity (Wildman–Crippen MR) is 136 cm³/mol. The molecule has 7 nitrogen and oxygen atoms in total. The number of rotatable bonds is 7. The summed E-state index contributed by atoms with van der Waals surface area (Å²) < 4.78 is 11.4. The van der Waals surface area contributed by atoms with E-state index in [2.05, 4.69) is 13.8 Å². The summed E-state index contributed by atoms with van der Waals surface area (Å²) in [6, 6.07) is 0. The SMILES string of the molecule is CO[C@H](CCC(C)(C)OC)[C@@](C)(O)C1CC[C@@]2(O)C3=CC(=O)[C@@H]4C[C@@H](O)[C@@H](O)C[C@]4(C)C3CC[C@]12C. The average Bonchev–Trinajstić information content (AvgIpc) is 3.08. The summed E-state index contributed by atoms with van der Waals surface area (Å²) >= 11 is 0. The molecule has 0 amide bonds. The maximum Gasteiger partial charge on any atom is 0.159 e. The van der Waals surface area contributed by atoms with Gasteiger partial charge in [-0.2, -0.15) is 0 Å². The van der Waals surface area contributed by atoms with Gasteiger partial charge in [0.2, 0.25) is 0 Å². The number of ether oxygens (including phenoxy) is 2. The topological polar surface area (TPSA) is 116 Å². The second-order valence-electron chi connectivity index (χ2n) is 13.5. The van der Waals surface area contributed by atoms with Crippen LogP contribution in [0, 0.1) is 28.6 Å². The van der Waals surface area contributed by atoms with E-state index < -0.39 is 40.3 Å². The standard InChI is InChI=1S/C29H48O7/c1-25(2,36-7)11-10-24(35-6)28(5,33)23-9-13-29(34)18-14-20(30)19-15-21(31)22(32)16-26(19,3)17(18)8-12-27(23,29)4/h14,17,19,21-24,31-34H,8-13,15-16H2,1-7H3/t17?,19-,21+,22-,23?,24+,26+,27+,28-,29+/m0/s1. The molecule has 0 spiro atoms. The van der Waals surface area contributed by atoms with Crippen molar-refractivity contribution in [2.45, 2.75) is 121 Å². The lowest BCUT2D eigenvalue weighted by atomic mass is 9.45. The lowest BCUT2D eigenvalue weighted by Gasteiger charge is -2.60. The van der Waals surface area contributed by atoms with E-state index >= 15 is 0 Å². The van der Waals surface area contributed by atoms with Crippen LogP contribution in [0.1, 0.15) is 86.0 Å². The number of ketones is 1. The van der Waals surface area contributed by atoms with Crippen LogP contribution in [0.15, 0.2) is 11.6 Å². The molecule has 0 heterocycles. The molecule has 0 saturated heterocycles. The zero-order valence-electron chi connectivity index (χ0n) is 23.2. The molecule has 7 heteroatoms. The Balaban J connectivity index is 1.66. The number of carbonyl (C=O) groups is 1. The van der Waals surface area contributed by atoms with E-state index in [-0.39, 0.29) is 35.6 Å². The lowest BCUT2D eigenvalue weighted by Crippen LogP contribution is -2.63. The minimum absolute atomic E-state index is 0.0372. The minimum Gasteiger partial charge on any atom is -0.390 e. The van der Waals surface area contributed by atoms with Crippen molar-refractivity contribution in [2.24, 2.45) is 28.6 Å². The Morgan fingerprint density at radius 3 is 2.36 bits per heavy atom. The van der Waals surface area contributed by atoms with E-state index in [1.165, 1.54) is 0 Å². The zero-order chi connectivity index (χ0) is 26.9. The van der Waals surface area contributed by atoms with Crippen LogP contribution < -0.4 is 0 Å². The second kappa shape index (κ2) is 9.13. The number of aliphatic hydroxyl groups is 4. The highest BCUT2D eigenvalue weighted by Gasteiger charge is 2.69. The number of hydrogen-bond donors (Lipinski definition) is 4. The Labute approximate surface area is 216 Å². The summed E-state index contributed by atoms with van der Waals surface area (Å²) in [5.41, 5.74) is -3.07. The fourth-order valence-corrected chi connectivity index (χ4v) is 8.76. The predicted octanol–water partition coefficient (Wildman–Crippen LogP) is 3.16. The first kappa shape index (κ1) is 28.2. The Morgan fingerprint density at radius 1 is 1.08 bits per heavy atom. The van der Waals surface area contributed by atoms with E-state index in [4.69, 9.17) is 9.47 Å². The molecule has 3 saturated carbocycles. The van der Waals surface area contributed by atoms with Gasteiger partial charge in [-0.25, -0.2) is 0 Å². The molecule has 0 aliphatic heterocycles. The van der Waals surface area contributed by atoms with Crippen LogP contribution in [0.25, 0.3) is 0 Å². The summed E-state index contributed by atoms with van der Waals surface area (Å²) in [5, 5.41) is 45.2. The van der Waals surface area contributed by atoms with Gasteiger partial charge in [0, 0.05) is 25.6 Å². The van der Waals surface area contributed by atoms with Gasteiger partial charge in [0.15, 0.2) is 5.78 Å². The van der Waals surface area contributed by atoms with Crippen LogP contribution in [-0.2, 0) is 14.3 Å². The van der Waals surface area contributed by atoms with Crippen molar-refractivity contribution in [3.8, 4) is 0 Å². The zero-order valence-corrected chi connectivity index (χ0v) is 23.2. The molecule has 4 aliphatic carbocycles. The third-order valence-corrected chi connectivity index (χ3v) is 11.3. The molecule has 0 aromatic heterocycles. The van der Waals surface area contributed by atoms with Crippen LogP contribution in [0.3, 0.4) is 0 Å². The van der Waals surface area contributed by atoms with E-state index in [9.17, 15) is 25.2 Å². The normalized spacial score (nSPS) is 45.2. The van der Waals surface area contributed by atoms with Crippen LogP contribution in [0.2, 0.25) is 0 Å². The van der Waals surface area contributed by atoms with E-state index in [0.29, 0.717) is 32.1 Å². The molecule has 3 fully saturated rings. The number of aliphatic hydroxyl groups excluding tert-OH is 2. The molecular weight excluding hydrogens is 460 g/mol. The Hall–Kier alpha value is -0.830. The van der Waals surface area contributed by atoms with Crippen molar-refractivity contribution in [1.29, 1.82) is 0 Å². The summed E-state index contributed by atoms with van der Waals surface area (Å²) in [4.78, 5) is 13.4. The fraction of sp³-hybridized carbons (Fsp3) is 0.897. The van der Waals surface area contributed by atoms with Crippen molar-refractivity contribution in [3.63, 3.8) is 0 Å². The summed E-state index contributed by atoms with van der Waals surface area (Å²) in [6.45, 7) is 10.0. The molecular formula is C29H48O7. The van der Waals surface area contributed by atoms with E-state index in [1.54, 1.807) is 20.3 Å². The smallest absolute Gasteiger partial charge is 0.159 e. The molecule has 2 unspecified atom stereocenters. The first-order valence-corrected chi connectivity index (χ1v) is 13.7. The van der Waals surface area contributed by atoms with Gasteiger partial charge in [0.1, 0.15) is 0 Å². The van der Waals surface area contributed by atoms with Crippen molar-refractivity contribution >= 4 is 5.78 Å². The van der Waals surface area contributed by atoms with Crippen molar-refractivity contribution in [2.75, 3.05) is 14.2 Å². The largest absolute Gasteiger partial charge is 0.390 e. The third kappa shape index (κ3) is 4.04. The van der Waals surface area contributed by atoms with Crippen LogP contribution in [-0.4, -0.2) is 75.5 Å². The molecule has 36 heavy (non-hydrogen) atoms. The Bertz CT molecular complexity index is 896. The monoisotopic (exact) mass is 508 g/mol. The number of fused-ring (bicyclic) bond motifs is 5.